The zero-order chi connectivity index (χ0) is 8.55. The van der Waals surface area contributed by atoms with Crippen LogP contribution in [0.1, 0.15) is 5.56 Å². The molecule has 0 aliphatic heterocycles. The van der Waals surface area contributed by atoms with Gasteiger partial charge < -0.3 is 9.52 Å². The molecule has 0 atom stereocenters. The Bertz CT molecular complexity index is 410. The van der Waals surface area contributed by atoms with Gasteiger partial charge in [0, 0.05) is 28.2 Å². The summed E-state index contributed by atoms with van der Waals surface area (Å²) in [4.78, 5) is 4.13. The van der Waals surface area contributed by atoms with Gasteiger partial charge in [0.25, 0.3) is 3.90 Å². The third-order valence-electron chi connectivity index (χ3n) is 1.64. The van der Waals surface area contributed by atoms with E-state index in [-0.39, 0.29) is 6.61 Å². The summed E-state index contributed by atoms with van der Waals surface area (Å²) >= 11 is 2.01. The second kappa shape index (κ2) is 3.02. The van der Waals surface area contributed by atoms with Crippen LogP contribution in [0.4, 0.5) is 0 Å². The maximum atomic E-state index is 8.95. The van der Waals surface area contributed by atoms with E-state index in [9.17, 15) is 0 Å². The SMILES string of the molecule is OCc1cccc2nc(I)oc12. The molecule has 0 unspecified atom stereocenters. The van der Waals surface area contributed by atoms with Crippen molar-refractivity contribution in [2.45, 2.75) is 6.61 Å². The zero-order valence-electron chi connectivity index (χ0n) is 6.12. The first-order valence-corrected chi connectivity index (χ1v) is 4.54. The number of halogens is 1. The predicted octanol–water partition coefficient (Wildman–Crippen LogP) is 1.92. The average Bonchev–Trinajstić information content (AvgIpc) is 2.44. The van der Waals surface area contributed by atoms with Gasteiger partial charge in [-0.1, -0.05) is 12.1 Å². The molecule has 1 aromatic heterocycles. The van der Waals surface area contributed by atoms with Gasteiger partial charge in [-0.2, -0.15) is 0 Å². The van der Waals surface area contributed by atoms with Gasteiger partial charge in [0.15, 0.2) is 5.58 Å². The Hall–Kier alpha value is -0.620. The molecule has 12 heavy (non-hydrogen) atoms. The van der Waals surface area contributed by atoms with E-state index in [1.807, 2.05) is 40.8 Å². The topological polar surface area (TPSA) is 46.3 Å². The molecule has 0 aliphatic carbocycles. The zero-order valence-corrected chi connectivity index (χ0v) is 8.28. The number of aliphatic hydroxyl groups is 1. The van der Waals surface area contributed by atoms with Crippen LogP contribution >= 0.6 is 22.6 Å². The van der Waals surface area contributed by atoms with Crippen LogP contribution in [0.25, 0.3) is 11.1 Å². The third-order valence-corrected chi connectivity index (χ3v) is 2.10. The van der Waals surface area contributed by atoms with Gasteiger partial charge in [-0.05, 0) is 6.07 Å². The minimum Gasteiger partial charge on any atom is -0.431 e. The molecule has 0 aliphatic rings. The van der Waals surface area contributed by atoms with Crippen LogP contribution < -0.4 is 0 Å². The maximum absolute atomic E-state index is 8.95. The van der Waals surface area contributed by atoms with Crippen LogP contribution in [0.15, 0.2) is 22.6 Å². The van der Waals surface area contributed by atoms with Crippen molar-refractivity contribution in [2.24, 2.45) is 0 Å². The van der Waals surface area contributed by atoms with E-state index in [2.05, 4.69) is 4.98 Å². The normalized spacial score (nSPS) is 10.8. The Morgan fingerprint density at radius 1 is 1.50 bits per heavy atom. The largest absolute Gasteiger partial charge is 0.431 e. The van der Waals surface area contributed by atoms with Crippen LogP contribution in [0.3, 0.4) is 0 Å². The number of para-hydroxylation sites is 1. The Labute approximate surface area is 82.5 Å². The van der Waals surface area contributed by atoms with E-state index in [1.165, 1.54) is 0 Å². The Kier molecular flexibility index (Phi) is 2.02. The van der Waals surface area contributed by atoms with Crippen molar-refractivity contribution in [3.63, 3.8) is 0 Å². The highest BCUT2D eigenvalue weighted by Crippen LogP contribution is 2.20. The molecule has 0 fully saturated rings. The molecule has 0 saturated heterocycles. The molecule has 0 radical (unpaired) electrons. The quantitative estimate of drug-likeness (QED) is 0.809. The summed E-state index contributed by atoms with van der Waals surface area (Å²) in [6, 6.07) is 5.54. The first kappa shape index (κ1) is 8.00. The van der Waals surface area contributed by atoms with E-state index in [0.29, 0.717) is 9.48 Å². The van der Waals surface area contributed by atoms with Crippen molar-refractivity contribution in [3.8, 4) is 0 Å². The van der Waals surface area contributed by atoms with Gasteiger partial charge >= 0.3 is 0 Å². The lowest BCUT2D eigenvalue weighted by molar-refractivity contribution is 0.281. The Morgan fingerprint density at radius 3 is 3.08 bits per heavy atom. The lowest BCUT2D eigenvalue weighted by Crippen LogP contribution is -1.81. The summed E-state index contributed by atoms with van der Waals surface area (Å²) in [6.07, 6.45) is 0. The van der Waals surface area contributed by atoms with Gasteiger partial charge in [0.1, 0.15) is 5.52 Å². The minimum absolute atomic E-state index is 0.0113. The van der Waals surface area contributed by atoms with Crippen LogP contribution in [-0.4, -0.2) is 10.1 Å². The van der Waals surface area contributed by atoms with Gasteiger partial charge in [-0.3, -0.25) is 0 Å². The number of aromatic nitrogens is 1. The molecule has 2 rings (SSSR count). The summed E-state index contributed by atoms with van der Waals surface area (Å²) in [7, 11) is 0. The molecule has 3 nitrogen and oxygen atoms in total. The van der Waals surface area contributed by atoms with Crippen LogP contribution in [0.2, 0.25) is 0 Å². The molecule has 0 bridgehead atoms. The van der Waals surface area contributed by atoms with Crippen molar-refractivity contribution in [3.05, 3.63) is 27.7 Å². The highest BCUT2D eigenvalue weighted by atomic mass is 127. The molecule has 0 amide bonds. The smallest absolute Gasteiger partial charge is 0.258 e. The monoisotopic (exact) mass is 275 g/mol. The molecule has 1 N–H and O–H groups in total. The Morgan fingerprint density at radius 2 is 2.33 bits per heavy atom. The molecule has 4 heteroatoms. The van der Waals surface area contributed by atoms with E-state index in [4.69, 9.17) is 9.52 Å². The average molecular weight is 275 g/mol. The van der Waals surface area contributed by atoms with Crippen molar-refractivity contribution in [1.82, 2.24) is 4.98 Å². The minimum atomic E-state index is -0.0113. The lowest BCUT2D eigenvalue weighted by Gasteiger charge is -1.93. The lowest BCUT2D eigenvalue weighted by atomic mass is 10.2. The summed E-state index contributed by atoms with van der Waals surface area (Å²) < 4.78 is 5.91. The molecule has 0 saturated carbocycles. The van der Waals surface area contributed by atoms with Gasteiger partial charge in [0.05, 0.1) is 6.61 Å². The molecule has 2 aromatic rings. The fourth-order valence-corrected chi connectivity index (χ4v) is 1.58. The molecule has 1 heterocycles. The van der Waals surface area contributed by atoms with Crippen molar-refractivity contribution >= 4 is 33.7 Å². The number of fused-ring (bicyclic) bond motifs is 1. The standard InChI is InChI=1S/C8H6INO2/c9-8-10-6-3-1-2-5(4-11)7(6)12-8/h1-3,11H,4H2. The fraction of sp³-hybridized carbons (Fsp3) is 0.125. The van der Waals surface area contributed by atoms with Crippen LogP contribution in [-0.2, 0) is 6.61 Å². The van der Waals surface area contributed by atoms with E-state index in [1.54, 1.807) is 0 Å². The van der Waals surface area contributed by atoms with Crippen molar-refractivity contribution < 1.29 is 9.52 Å². The van der Waals surface area contributed by atoms with Crippen molar-refractivity contribution in [2.75, 3.05) is 0 Å². The summed E-state index contributed by atoms with van der Waals surface area (Å²) in [5, 5.41) is 8.95. The maximum Gasteiger partial charge on any atom is 0.258 e. The molecular formula is C8H6INO2. The van der Waals surface area contributed by atoms with Crippen LogP contribution in [0, 0.1) is 3.90 Å². The molecule has 1 aromatic carbocycles. The van der Waals surface area contributed by atoms with Gasteiger partial charge in [-0.25, -0.2) is 4.98 Å². The Balaban J connectivity index is 2.78. The number of hydrogen-bond acceptors (Lipinski definition) is 3. The number of nitrogens with zero attached hydrogens (tertiary/aromatic N) is 1. The first-order valence-electron chi connectivity index (χ1n) is 3.46. The fourth-order valence-electron chi connectivity index (χ4n) is 1.10. The molecule has 62 valence electrons. The summed E-state index contributed by atoms with van der Waals surface area (Å²) in [5.41, 5.74) is 2.26. The summed E-state index contributed by atoms with van der Waals surface area (Å²) in [5.74, 6) is 0. The summed E-state index contributed by atoms with van der Waals surface area (Å²) in [6.45, 7) is -0.0113. The van der Waals surface area contributed by atoms with Gasteiger partial charge in [0.2, 0.25) is 0 Å². The van der Waals surface area contributed by atoms with Crippen LogP contribution in [0.5, 0.6) is 0 Å². The predicted molar refractivity (Wildman–Crippen MR) is 52.6 cm³/mol. The second-order valence-electron chi connectivity index (χ2n) is 2.39. The number of rotatable bonds is 1. The van der Waals surface area contributed by atoms with E-state index in [0.717, 1.165) is 11.1 Å². The van der Waals surface area contributed by atoms with E-state index < -0.39 is 0 Å². The number of oxazole rings is 1. The molecule has 0 spiro atoms. The third kappa shape index (κ3) is 1.21. The van der Waals surface area contributed by atoms with E-state index >= 15 is 0 Å². The number of aliphatic hydroxyl groups excluding tert-OH is 1. The number of hydrogen-bond donors (Lipinski definition) is 1. The highest BCUT2D eigenvalue weighted by molar-refractivity contribution is 14.1. The molecular weight excluding hydrogens is 269 g/mol. The second-order valence-corrected chi connectivity index (χ2v) is 3.31. The number of benzene rings is 1. The van der Waals surface area contributed by atoms with Gasteiger partial charge in [-0.15, -0.1) is 0 Å². The first-order chi connectivity index (χ1) is 5.81. The van der Waals surface area contributed by atoms with Crippen molar-refractivity contribution in [1.29, 1.82) is 0 Å². The highest BCUT2D eigenvalue weighted by Gasteiger charge is 2.06.